The van der Waals surface area contributed by atoms with Crippen molar-refractivity contribution >= 4 is 23.2 Å². The van der Waals surface area contributed by atoms with Gasteiger partial charge in [-0.05, 0) is 0 Å². The fraction of sp³-hybridized carbons (Fsp3) is 0.600. The maximum Gasteiger partial charge on any atom is 0.378 e. The van der Waals surface area contributed by atoms with Gasteiger partial charge in [0.25, 0.3) is 0 Å². The molecule has 0 fully saturated rings. The van der Waals surface area contributed by atoms with Crippen LogP contribution in [0.5, 0.6) is 0 Å². The maximum atomic E-state index is 12.3. The summed E-state index contributed by atoms with van der Waals surface area (Å²) in [6.45, 7) is 0. The Morgan fingerprint density at radius 3 is 1.33 bits per heavy atom. The summed E-state index contributed by atoms with van der Waals surface area (Å²) in [5.74, 6) is -16.0. The zero-order valence-electron chi connectivity index (χ0n) is 6.28. The molecular weight excluding hydrogens is 283 g/mol. The van der Waals surface area contributed by atoms with E-state index >= 15 is 0 Å². The molecule has 0 aliphatic heterocycles. The molecule has 0 atom stereocenters. The molecule has 0 aliphatic rings. The van der Waals surface area contributed by atoms with Gasteiger partial charge in [0.1, 0.15) is 0 Å². The van der Waals surface area contributed by atoms with Crippen LogP contribution in [0.25, 0.3) is 0 Å². The lowest BCUT2D eigenvalue weighted by Crippen LogP contribution is -2.51. The van der Waals surface area contributed by atoms with Crippen molar-refractivity contribution in [2.45, 2.75) is 16.4 Å². The molecule has 0 rings (SSSR count). The van der Waals surface area contributed by atoms with Gasteiger partial charge in [-0.25, -0.2) is 4.39 Å². The molecule has 90 valence electrons. The molecule has 0 aromatic rings. The van der Waals surface area contributed by atoms with E-state index in [0.29, 0.717) is 0 Å². The number of hydrogen-bond donors (Lipinski definition) is 0. The second-order valence-corrected chi connectivity index (χ2v) is 3.46. The van der Waals surface area contributed by atoms with Crippen LogP contribution in [-0.4, -0.2) is 16.4 Å². The summed E-state index contributed by atoms with van der Waals surface area (Å²) in [4.78, 5) is 0. The number of hydrogen-bond acceptors (Lipinski definition) is 0. The lowest BCUT2D eigenvalue weighted by atomic mass is 10.1. The van der Waals surface area contributed by atoms with E-state index in [9.17, 15) is 35.1 Å². The Bertz CT molecular complexity index is 273. The molecular formula is C5Cl2F8. The summed E-state index contributed by atoms with van der Waals surface area (Å²) >= 11 is 7.99. The minimum absolute atomic E-state index is 3.72. The van der Waals surface area contributed by atoms with Crippen LogP contribution in [-0.2, 0) is 0 Å². The molecule has 10 heteroatoms. The van der Waals surface area contributed by atoms with E-state index in [4.69, 9.17) is 0 Å². The first-order chi connectivity index (χ1) is 6.35. The van der Waals surface area contributed by atoms with Gasteiger partial charge in [0.05, 0.1) is 0 Å². The zero-order valence-corrected chi connectivity index (χ0v) is 7.79. The smallest absolute Gasteiger partial charge is 0.201 e. The van der Waals surface area contributed by atoms with Crippen LogP contribution in [0.2, 0.25) is 0 Å². The maximum absolute atomic E-state index is 12.3. The predicted molar refractivity (Wildman–Crippen MR) is 35.8 cm³/mol. The molecule has 0 nitrogen and oxygen atoms in total. The molecule has 0 amide bonds. The van der Waals surface area contributed by atoms with Gasteiger partial charge >= 0.3 is 22.5 Å². The highest BCUT2D eigenvalue weighted by Crippen LogP contribution is 2.53. The van der Waals surface area contributed by atoms with E-state index in [1.807, 2.05) is 0 Å². The molecule has 0 bridgehead atoms. The molecule has 0 saturated carbocycles. The highest BCUT2D eigenvalue weighted by Gasteiger charge is 2.72. The normalized spacial score (nSPS) is 14.0. The average Bonchev–Trinajstić information content (AvgIpc) is 2.00. The average molecular weight is 283 g/mol. The lowest BCUT2D eigenvalue weighted by molar-refractivity contribution is -0.222. The van der Waals surface area contributed by atoms with Gasteiger partial charge in [-0.3, -0.25) is 0 Å². The molecule has 0 heterocycles. The van der Waals surface area contributed by atoms with Crippen molar-refractivity contribution in [1.82, 2.24) is 0 Å². The first-order valence-corrected chi connectivity index (χ1v) is 3.65. The van der Waals surface area contributed by atoms with Gasteiger partial charge in [0, 0.05) is 0 Å². The van der Waals surface area contributed by atoms with E-state index < -0.39 is 28.3 Å². The van der Waals surface area contributed by atoms with E-state index in [2.05, 4.69) is 23.2 Å². The molecule has 0 aliphatic carbocycles. The largest absolute Gasteiger partial charge is 0.378 e. The highest BCUT2D eigenvalue weighted by atomic mass is 35.5. The number of alkyl halides is 7. The van der Waals surface area contributed by atoms with Gasteiger partial charge in [0.2, 0.25) is 5.83 Å². The number of rotatable bonds is 3. The second-order valence-electron chi connectivity index (χ2n) is 2.22. The Kier molecular flexibility index (Phi) is 3.91. The Hall–Kier alpha value is -0.240. The van der Waals surface area contributed by atoms with Crippen LogP contribution in [0.15, 0.2) is 11.9 Å². The number of halogens is 10. The van der Waals surface area contributed by atoms with Gasteiger partial charge < -0.3 is 0 Å². The Morgan fingerprint density at radius 1 is 0.800 bits per heavy atom. The van der Waals surface area contributed by atoms with Crippen molar-refractivity contribution in [3.8, 4) is 0 Å². The van der Waals surface area contributed by atoms with Gasteiger partial charge in [-0.1, -0.05) is 23.2 Å². The van der Waals surface area contributed by atoms with Crippen LogP contribution in [0.4, 0.5) is 35.1 Å². The third-order valence-electron chi connectivity index (χ3n) is 1.19. The van der Waals surface area contributed by atoms with Crippen LogP contribution in [0.1, 0.15) is 0 Å². The third kappa shape index (κ3) is 2.47. The summed E-state index contributed by atoms with van der Waals surface area (Å²) in [6.07, 6.45) is -3.72. The van der Waals surface area contributed by atoms with Crippen molar-refractivity contribution in [2.75, 3.05) is 0 Å². The summed E-state index contributed by atoms with van der Waals surface area (Å²) < 4.78 is 91.0. The molecule has 0 saturated heterocycles. The van der Waals surface area contributed by atoms with Crippen molar-refractivity contribution < 1.29 is 35.1 Å². The second kappa shape index (κ2) is 3.97. The SMILES string of the molecule is FC(F)=C(F)C(F)(F)C(F)(F)C(F)(Cl)Cl. The summed E-state index contributed by atoms with van der Waals surface area (Å²) in [5, 5.41) is 0. The Balaban J connectivity index is 5.49. The predicted octanol–water partition coefficient (Wildman–Crippen LogP) is 4.44. The molecule has 0 radical (unpaired) electrons. The van der Waals surface area contributed by atoms with Gasteiger partial charge in [-0.2, -0.15) is 30.7 Å². The zero-order chi connectivity index (χ0) is 12.7. The van der Waals surface area contributed by atoms with Crippen molar-refractivity contribution in [1.29, 1.82) is 0 Å². The van der Waals surface area contributed by atoms with Crippen LogP contribution in [0.3, 0.4) is 0 Å². The van der Waals surface area contributed by atoms with Crippen molar-refractivity contribution in [3.05, 3.63) is 11.9 Å². The van der Waals surface area contributed by atoms with Crippen LogP contribution < -0.4 is 0 Å². The molecule has 0 unspecified atom stereocenters. The van der Waals surface area contributed by atoms with E-state index in [1.54, 1.807) is 0 Å². The topological polar surface area (TPSA) is 0 Å². The minimum Gasteiger partial charge on any atom is -0.201 e. The van der Waals surface area contributed by atoms with E-state index in [1.165, 1.54) is 0 Å². The highest BCUT2D eigenvalue weighted by molar-refractivity contribution is 6.47. The molecule has 0 spiro atoms. The summed E-state index contributed by atoms with van der Waals surface area (Å²) in [5.41, 5.74) is 0. The Labute approximate surface area is 87.4 Å². The summed E-state index contributed by atoms with van der Waals surface area (Å²) in [6, 6.07) is 0. The van der Waals surface area contributed by atoms with Crippen LogP contribution >= 0.6 is 23.2 Å². The summed E-state index contributed by atoms with van der Waals surface area (Å²) in [7, 11) is 0. The molecule has 0 aromatic heterocycles. The molecule has 0 aromatic carbocycles. The monoisotopic (exact) mass is 282 g/mol. The fourth-order valence-corrected chi connectivity index (χ4v) is 0.672. The minimum atomic E-state index is -6.15. The van der Waals surface area contributed by atoms with E-state index in [0.717, 1.165) is 0 Å². The third-order valence-corrected chi connectivity index (χ3v) is 1.67. The van der Waals surface area contributed by atoms with Crippen molar-refractivity contribution in [2.24, 2.45) is 0 Å². The quantitative estimate of drug-likeness (QED) is 0.530. The first kappa shape index (κ1) is 14.8. The lowest BCUT2D eigenvalue weighted by Gasteiger charge is -2.28. The van der Waals surface area contributed by atoms with Gasteiger partial charge in [-0.15, -0.1) is 0 Å². The standard InChI is InChI=1S/C5Cl2F8/c6-5(7,15)4(13,14)3(11,12)1(8)2(9)10. The number of allylic oxidation sites excluding steroid dienone is 1. The van der Waals surface area contributed by atoms with Gasteiger partial charge in [0.15, 0.2) is 0 Å². The first-order valence-electron chi connectivity index (χ1n) is 2.89. The fourth-order valence-electron chi connectivity index (χ4n) is 0.435. The molecule has 0 N–H and O–H groups in total. The Morgan fingerprint density at radius 2 is 1.13 bits per heavy atom. The van der Waals surface area contributed by atoms with E-state index in [-0.39, 0.29) is 0 Å². The van der Waals surface area contributed by atoms with Crippen molar-refractivity contribution in [3.63, 3.8) is 0 Å². The molecule has 15 heavy (non-hydrogen) atoms. The van der Waals surface area contributed by atoms with Crippen LogP contribution in [0, 0.1) is 0 Å².